The first-order valence-electron chi connectivity index (χ1n) is 5.14. The summed E-state index contributed by atoms with van der Waals surface area (Å²) in [6.07, 6.45) is 0.684. The molecule has 1 unspecified atom stereocenters. The van der Waals surface area contributed by atoms with Gasteiger partial charge in [-0.1, -0.05) is 0 Å². The molecule has 2 rings (SSSR count). The first kappa shape index (κ1) is 12.9. The van der Waals surface area contributed by atoms with E-state index in [1.165, 1.54) is 0 Å². The Morgan fingerprint density at radius 2 is 2.12 bits per heavy atom. The van der Waals surface area contributed by atoms with Gasteiger partial charge >= 0.3 is 0 Å². The fraction of sp³-hybridized carbons (Fsp3) is 0.364. The Balaban J connectivity index is 2.42. The number of rotatable bonds is 2. The Labute approximate surface area is 116 Å². The van der Waals surface area contributed by atoms with Gasteiger partial charge in [-0.25, -0.2) is 0 Å². The van der Waals surface area contributed by atoms with Crippen molar-refractivity contribution in [2.24, 2.45) is 5.73 Å². The van der Waals surface area contributed by atoms with Crippen LogP contribution in [0, 0.1) is 0 Å². The predicted molar refractivity (Wildman–Crippen MR) is 73.3 cm³/mol. The number of hydrogen-bond donors (Lipinski definition) is 1. The highest BCUT2D eigenvalue weighted by Gasteiger charge is 2.31. The van der Waals surface area contributed by atoms with Gasteiger partial charge in [-0.15, -0.1) is 0 Å². The van der Waals surface area contributed by atoms with Crippen LogP contribution in [0.2, 0.25) is 0 Å². The van der Waals surface area contributed by atoms with Crippen molar-refractivity contribution in [2.45, 2.75) is 12.5 Å². The van der Waals surface area contributed by atoms with Crippen molar-refractivity contribution in [3.05, 3.63) is 21.1 Å². The molecule has 1 saturated heterocycles. The van der Waals surface area contributed by atoms with Crippen LogP contribution in [0.5, 0.6) is 5.75 Å². The smallest absolute Gasteiger partial charge is 0.244 e. The van der Waals surface area contributed by atoms with Crippen molar-refractivity contribution in [1.82, 2.24) is 0 Å². The van der Waals surface area contributed by atoms with Crippen LogP contribution < -0.4 is 15.4 Å². The van der Waals surface area contributed by atoms with E-state index in [9.17, 15) is 4.79 Å². The third-order valence-electron chi connectivity index (χ3n) is 2.76. The van der Waals surface area contributed by atoms with Crippen LogP contribution in [0.15, 0.2) is 21.1 Å². The molecule has 6 heteroatoms. The summed E-state index contributed by atoms with van der Waals surface area (Å²) in [5.41, 5.74) is 6.50. The SMILES string of the molecule is COc1cc(N2CCC(N)C2=O)c(Br)cc1Br. The van der Waals surface area contributed by atoms with Gasteiger partial charge in [0.2, 0.25) is 5.91 Å². The van der Waals surface area contributed by atoms with E-state index < -0.39 is 6.04 Å². The second-order valence-corrected chi connectivity index (χ2v) is 5.53. The summed E-state index contributed by atoms with van der Waals surface area (Å²) in [5.74, 6) is 0.645. The molecule has 1 heterocycles. The molecule has 0 aliphatic carbocycles. The third-order valence-corrected chi connectivity index (χ3v) is 4.01. The molecule has 0 radical (unpaired) electrons. The van der Waals surface area contributed by atoms with Crippen molar-refractivity contribution in [1.29, 1.82) is 0 Å². The molecule has 1 aromatic carbocycles. The molecule has 1 fully saturated rings. The summed E-state index contributed by atoms with van der Waals surface area (Å²) in [5, 5.41) is 0. The highest BCUT2D eigenvalue weighted by atomic mass is 79.9. The summed E-state index contributed by atoms with van der Waals surface area (Å²) < 4.78 is 6.91. The minimum Gasteiger partial charge on any atom is -0.495 e. The fourth-order valence-electron chi connectivity index (χ4n) is 1.82. The van der Waals surface area contributed by atoms with E-state index in [1.54, 1.807) is 12.0 Å². The van der Waals surface area contributed by atoms with E-state index in [1.807, 2.05) is 12.1 Å². The van der Waals surface area contributed by atoms with Crippen molar-refractivity contribution < 1.29 is 9.53 Å². The van der Waals surface area contributed by atoms with Crippen LogP contribution in [0.1, 0.15) is 6.42 Å². The minimum absolute atomic E-state index is 0.0462. The topological polar surface area (TPSA) is 55.6 Å². The van der Waals surface area contributed by atoms with Crippen LogP contribution in [0.4, 0.5) is 5.69 Å². The minimum atomic E-state index is -0.392. The van der Waals surface area contributed by atoms with Crippen molar-refractivity contribution in [3.8, 4) is 5.75 Å². The number of carbonyl (C=O) groups excluding carboxylic acids is 1. The summed E-state index contributed by atoms with van der Waals surface area (Å²) in [6, 6.07) is 3.30. The highest BCUT2D eigenvalue weighted by molar-refractivity contribution is 9.11. The zero-order valence-electron chi connectivity index (χ0n) is 9.24. The molecule has 1 atom stereocenters. The van der Waals surface area contributed by atoms with Crippen LogP contribution in [-0.2, 0) is 4.79 Å². The summed E-state index contributed by atoms with van der Waals surface area (Å²) in [4.78, 5) is 13.6. The van der Waals surface area contributed by atoms with Crippen molar-refractivity contribution in [2.75, 3.05) is 18.6 Å². The number of amides is 1. The molecule has 0 spiro atoms. The normalized spacial score (nSPS) is 19.9. The van der Waals surface area contributed by atoms with Gasteiger partial charge in [0.1, 0.15) is 5.75 Å². The number of anilines is 1. The maximum atomic E-state index is 11.9. The number of nitrogens with two attached hydrogens (primary N) is 1. The maximum absolute atomic E-state index is 11.9. The first-order valence-corrected chi connectivity index (χ1v) is 6.73. The molecule has 2 N–H and O–H groups in total. The molecule has 1 aliphatic rings. The molecule has 1 aliphatic heterocycles. The fourth-order valence-corrected chi connectivity index (χ4v) is 3.19. The molecule has 17 heavy (non-hydrogen) atoms. The summed E-state index contributed by atoms with van der Waals surface area (Å²) >= 11 is 6.84. The number of carbonyl (C=O) groups is 1. The van der Waals surface area contributed by atoms with Crippen molar-refractivity contribution >= 4 is 43.5 Å². The standard InChI is InChI=1S/C11H12Br2N2O2/c1-17-10-5-9(6(12)4-7(10)13)15-3-2-8(14)11(15)16/h4-5,8H,2-3,14H2,1H3. The second-order valence-electron chi connectivity index (χ2n) is 3.82. The van der Waals surface area contributed by atoms with E-state index in [-0.39, 0.29) is 5.91 Å². The number of methoxy groups -OCH3 is 1. The number of ether oxygens (including phenoxy) is 1. The Kier molecular flexibility index (Phi) is 3.75. The molecular formula is C11H12Br2N2O2. The lowest BCUT2D eigenvalue weighted by atomic mass is 10.2. The monoisotopic (exact) mass is 362 g/mol. The number of nitrogens with zero attached hydrogens (tertiary/aromatic N) is 1. The third kappa shape index (κ3) is 2.34. The highest BCUT2D eigenvalue weighted by Crippen LogP contribution is 2.37. The van der Waals surface area contributed by atoms with E-state index >= 15 is 0 Å². The second kappa shape index (κ2) is 4.96. The Morgan fingerprint density at radius 3 is 2.65 bits per heavy atom. The van der Waals surface area contributed by atoms with Gasteiger partial charge in [-0.05, 0) is 44.3 Å². The average molecular weight is 364 g/mol. The van der Waals surface area contributed by atoms with Gasteiger partial charge in [0.25, 0.3) is 0 Å². The van der Waals surface area contributed by atoms with Gasteiger partial charge < -0.3 is 15.4 Å². The summed E-state index contributed by atoms with van der Waals surface area (Å²) in [6.45, 7) is 0.642. The molecule has 1 aromatic rings. The number of hydrogen-bond acceptors (Lipinski definition) is 3. The van der Waals surface area contributed by atoms with E-state index in [4.69, 9.17) is 10.5 Å². The molecule has 1 amide bonds. The quantitative estimate of drug-likeness (QED) is 0.876. The largest absolute Gasteiger partial charge is 0.495 e. The lowest BCUT2D eigenvalue weighted by molar-refractivity contribution is -0.118. The zero-order chi connectivity index (χ0) is 12.6. The van der Waals surface area contributed by atoms with Gasteiger partial charge in [0.15, 0.2) is 0 Å². The van der Waals surface area contributed by atoms with Gasteiger partial charge in [0, 0.05) is 17.1 Å². The molecule has 0 aromatic heterocycles. The van der Waals surface area contributed by atoms with Gasteiger partial charge in [-0.3, -0.25) is 4.79 Å². The summed E-state index contributed by atoms with van der Waals surface area (Å²) in [7, 11) is 1.59. The van der Waals surface area contributed by atoms with Gasteiger partial charge in [0.05, 0.1) is 23.3 Å². The number of benzene rings is 1. The molecule has 0 saturated carbocycles. The average Bonchev–Trinajstić information content (AvgIpc) is 2.61. The van der Waals surface area contributed by atoms with Crippen molar-refractivity contribution in [3.63, 3.8) is 0 Å². The molecule has 4 nitrogen and oxygen atoms in total. The van der Waals surface area contributed by atoms with Crippen LogP contribution in [-0.4, -0.2) is 25.6 Å². The lowest BCUT2D eigenvalue weighted by Gasteiger charge is -2.19. The molecule has 0 bridgehead atoms. The predicted octanol–water partition coefficient (Wildman–Crippen LogP) is 2.28. The van der Waals surface area contributed by atoms with Gasteiger partial charge in [-0.2, -0.15) is 0 Å². The van der Waals surface area contributed by atoms with E-state index in [2.05, 4.69) is 31.9 Å². The Hall–Kier alpha value is -0.590. The molecular weight excluding hydrogens is 352 g/mol. The van der Waals surface area contributed by atoms with Crippen LogP contribution in [0.25, 0.3) is 0 Å². The van der Waals surface area contributed by atoms with Crippen LogP contribution >= 0.6 is 31.9 Å². The maximum Gasteiger partial charge on any atom is 0.244 e. The van der Waals surface area contributed by atoms with Crippen LogP contribution in [0.3, 0.4) is 0 Å². The van der Waals surface area contributed by atoms with E-state index in [0.29, 0.717) is 18.7 Å². The molecule has 92 valence electrons. The zero-order valence-corrected chi connectivity index (χ0v) is 12.4. The van der Waals surface area contributed by atoms with E-state index in [0.717, 1.165) is 14.6 Å². The Morgan fingerprint density at radius 1 is 1.41 bits per heavy atom. The Bertz CT molecular complexity index is 465. The number of halogens is 2. The lowest BCUT2D eigenvalue weighted by Crippen LogP contribution is -2.34. The first-order chi connectivity index (χ1) is 8.04.